The lowest BCUT2D eigenvalue weighted by Gasteiger charge is -2.23. The zero-order chi connectivity index (χ0) is 8.77. The molecule has 0 radical (unpaired) electrons. The molecule has 0 aromatic heterocycles. The van der Waals surface area contributed by atoms with Gasteiger partial charge in [0.2, 0.25) is 0 Å². The van der Waals surface area contributed by atoms with Crippen molar-refractivity contribution < 1.29 is 9.42 Å². The van der Waals surface area contributed by atoms with Gasteiger partial charge in [0, 0.05) is 0 Å². The molecule has 0 aliphatic heterocycles. The average Bonchev–Trinajstić information content (AvgIpc) is 2.42. The Morgan fingerprint density at radius 3 is 2.58 bits per heavy atom. The van der Waals surface area contributed by atoms with Gasteiger partial charge < -0.3 is 9.42 Å². The van der Waals surface area contributed by atoms with Crippen LogP contribution in [0.3, 0.4) is 0 Å². The fraction of sp³-hybridized carbons (Fsp3) is 1.00. The molecule has 0 amide bonds. The van der Waals surface area contributed by atoms with Crippen LogP contribution in [0, 0.1) is 17.0 Å². The van der Waals surface area contributed by atoms with Crippen LogP contribution >= 0.6 is 19.0 Å². The Morgan fingerprint density at radius 2 is 2.17 bits per heavy atom. The monoisotopic (exact) mass is 207 g/mol. The molecule has 4 atom stereocenters. The lowest BCUT2D eigenvalue weighted by molar-refractivity contribution is 0.140. The Balaban J connectivity index is 1.95. The van der Waals surface area contributed by atoms with Crippen LogP contribution in [-0.4, -0.2) is 11.0 Å². The summed E-state index contributed by atoms with van der Waals surface area (Å²) in [6.45, 7) is -3.05. The minimum Gasteiger partial charge on any atom is -0.332 e. The van der Waals surface area contributed by atoms with Crippen molar-refractivity contribution >= 4 is 19.0 Å². The van der Waals surface area contributed by atoms with Gasteiger partial charge in [-0.15, -0.1) is 0 Å². The van der Waals surface area contributed by atoms with Crippen LogP contribution in [0.5, 0.6) is 0 Å². The molecule has 0 saturated heterocycles. The lowest BCUT2D eigenvalue weighted by Crippen LogP contribution is -2.18. The van der Waals surface area contributed by atoms with E-state index in [-0.39, 0.29) is 6.10 Å². The van der Waals surface area contributed by atoms with Crippen molar-refractivity contribution in [3.8, 4) is 0 Å². The molecule has 0 heterocycles. The smallest absolute Gasteiger partial charge is 0.264 e. The Kier molecular flexibility index (Phi) is 2.28. The molecular formula is C7H14NO2PS. The summed E-state index contributed by atoms with van der Waals surface area (Å²) in [7, 11) is 0. The maximum atomic E-state index is 9.13. The summed E-state index contributed by atoms with van der Waals surface area (Å²) >= 11 is 3.74. The zero-order valence-electron chi connectivity index (χ0n) is 6.81. The van der Waals surface area contributed by atoms with E-state index in [0.717, 1.165) is 12.3 Å². The van der Waals surface area contributed by atoms with Crippen molar-refractivity contribution in [2.45, 2.75) is 31.8 Å². The molecule has 70 valence electrons. The molecule has 4 unspecified atom stereocenters. The van der Waals surface area contributed by atoms with Gasteiger partial charge in [0.25, 0.3) is 6.71 Å². The first-order valence-electron chi connectivity index (χ1n) is 4.32. The number of thiol groups is 1. The Labute approximate surface area is 77.7 Å². The first-order valence-corrected chi connectivity index (χ1v) is 7.14. The maximum absolute atomic E-state index is 9.13. The van der Waals surface area contributed by atoms with Crippen LogP contribution in [0.4, 0.5) is 0 Å². The maximum Gasteiger partial charge on any atom is 0.264 e. The van der Waals surface area contributed by atoms with E-state index in [4.69, 9.17) is 14.6 Å². The SMILES string of the molecule is N=P(O)(S)OC1CC2CCC1C2. The predicted molar refractivity (Wildman–Crippen MR) is 51.2 cm³/mol. The van der Waals surface area contributed by atoms with Crippen LogP contribution < -0.4 is 0 Å². The van der Waals surface area contributed by atoms with Crippen molar-refractivity contribution in [3.05, 3.63) is 0 Å². The third-order valence-electron chi connectivity index (χ3n) is 2.96. The second-order valence-electron chi connectivity index (χ2n) is 3.86. The van der Waals surface area contributed by atoms with E-state index in [1.165, 1.54) is 19.3 Å². The van der Waals surface area contributed by atoms with E-state index in [9.17, 15) is 0 Å². The van der Waals surface area contributed by atoms with Crippen molar-refractivity contribution in [2.75, 3.05) is 0 Å². The van der Waals surface area contributed by atoms with Crippen molar-refractivity contribution in [1.82, 2.24) is 0 Å². The van der Waals surface area contributed by atoms with Crippen LogP contribution in [-0.2, 0) is 4.52 Å². The Bertz CT molecular complexity index is 229. The van der Waals surface area contributed by atoms with Crippen LogP contribution in [0.2, 0.25) is 0 Å². The van der Waals surface area contributed by atoms with Crippen molar-refractivity contribution in [1.29, 1.82) is 5.16 Å². The predicted octanol–water partition coefficient (Wildman–Crippen LogP) is 2.64. The molecule has 2 saturated carbocycles. The van der Waals surface area contributed by atoms with Gasteiger partial charge in [0.15, 0.2) is 0 Å². The van der Waals surface area contributed by atoms with E-state index in [1.54, 1.807) is 0 Å². The topological polar surface area (TPSA) is 53.3 Å². The molecule has 2 fully saturated rings. The fourth-order valence-corrected chi connectivity index (χ4v) is 3.50. The second kappa shape index (κ2) is 3.02. The largest absolute Gasteiger partial charge is 0.332 e. The summed E-state index contributed by atoms with van der Waals surface area (Å²) in [4.78, 5) is 9.13. The van der Waals surface area contributed by atoms with Crippen molar-refractivity contribution in [2.24, 2.45) is 11.8 Å². The third kappa shape index (κ3) is 1.87. The molecule has 0 aromatic carbocycles. The number of fused-ring (bicyclic) bond motifs is 2. The van der Waals surface area contributed by atoms with Gasteiger partial charge >= 0.3 is 0 Å². The first kappa shape index (κ1) is 9.07. The van der Waals surface area contributed by atoms with Gasteiger partial charge in [-0.2, -0.15) is 0 Å². The van der Waals surface area contributed by atoms with Gasteiger partial charge in [-0.3, -0.25) is 5.16 Å². The normalized spacial score (nSPS) is 44.7. The number of hydrogen-bond donors (Lipinski definition) is 3. The van der Waals surface area contributed by atoms with Gasteiger partial charge in [-0.05, 0) is 37.5 Å². The van der Waals surface area contributed by atoms with E-state index in [0.29, 0.717) is 5.92 Å². The summed E-state index contributed by atoms with van der Waals surface area (Å²) in [6.07, 6.45) is 4.91. The molecule has 2 aliphatic carbocycles. The molecule has 2 bridgehead atoms. The summed E-state index contributed by atoms with van der Waals surface area (Å²) in [5.74, 6) is 1.39. The van der Waals surface area contributed by atoms with E-state index < -0.39 is 6.71 Å². The summed E-state index contributed by atoms with van der Waals surface area (Å²) in [5, 5.41) is 7.19. The Hall–Kier alpha value is 0.500. The molecule has 0 aromatic rings. The molecule has 0 spiro atoms. The highest BCUT2D eigenvalue weighted by atomic mass is 32.7. The highest BCUT2D eigenvalue weighted by Gasteiger charge is 2.41. The quantitative estimate of drug-likeness (QED) is 0.481. The number of hydrogen-bond acceptors (Lipinski definition) is 2. The lowest BCUT2D eigenvalue weighted by atomic mass is 9.98. The summed E-state index contributed by atoms with van der Waals surface area (Å²) < 4.78 is 5.23. The fourth-order valence-electron chi connectivity index (χ4n) is 2.50. The average molecular weight is 207 g/mol. The molecule has 2 N–H and O–H groups in total. The molecule has 12 heavy (non-hydrogen) atoms. The standard InChI is InChI=1S/C7H14NO2PS/c8-11(9,12)10-7-4-5-1-2-6(7)3-5/h5-7H,1-4H2,(H3,8,9,12). The molecular weight excluding hydrogens is 193 g/mol. The highest BCUT2D eigenvalue weighted by Crippen LogP contribution is 2.55. The van der Waals surface area contributed by atoms with Gasteiger partial charge in [0.1, 0.15) is 0 Å². The van der Waals surface area contributed by atoms with E-state index >= 15 is 0 Å². The molecule has 2 rings (SSSR count). The zero-order valence-corrected chi connectivity index (χ0v) is 8.60. The number of nitrogens with one attached hydrogen (secondary N) is 1. The number of rotatable bonds is 2. The molecule has 2 aliphatic rings. The minimum absolute atomic E-state index is 0.122. The third-order valence-corrected chi connectivity index (χ3v) is 3.80. The van der Waals surface area contributed by atoms with Crippen LogP contribution in [0.25, 0.3) is 0 Å². The molecule has 3 nitrogen and oxygen atoms in total. The summed E-state index contributed by atoms with van der Waals surface area (Å²) in [6, 6.07) is 0. The van der Waals surface area contributed by atoms with Crippen molar-refractivity contribution in [3.63, 3.8) is 0 Å². The van der Waals surface area contributed by atoms with Gasteiger partial charge in [0.05, 0.1) is 6.10 Å². The van der Waals surface area contributed by atoms with Gasteiger partial charge in [-0.1, -0.05) is 12.2 Å². The Morgan fingerprint density at radius 1 is 1.42 bits per heavy atom. The van der Waals surface area contributed by atoms with Gasteiger partial charge in [-0.25, -0.2) is 0 Å². The molecule has 5 heteroatoms. The second-order valence-corrected chi connectivity index (χ2v) is 6.79. The van der Waals surface area contributed by atoms with E-state index in [2.05, 4.69) is 12.2 Å². The van der Waals surface area contributed by atoms with Crippen LogP contribution in [0.1, 0.15) is 25.7 Å². The minimum atomic E-state index is -3.05. The summed E-state index contributed by atoms with van der Waals surface area (Å²) in [5.41, 5.74) is 0. The van der Waals surface area contributed by atoms with Crippen LogP contribution in [0.15, 0.2) is 0 Å². The highest BCUT2D eigenvalue weighted by molar-refractivity contribution is 8.44. The van der Waals surface area contributed by atoms with E-state index in [1.807, 2.05) is 0 Å². The first-order chi connectivity index (χ1) is 5.54.